The van der Waals surface area contributed by atoms with Gasteiger partial charge in [-0.15, -0.1) is 0 Å². The molecule has 1 saturated heterocycles. The number of esters is 1. The van der Waals surface area contributed by atoms with Crippen molar-refractivity contribution in [3.63, 3.8) is 0 Å². The van der Waals surface area contributed by atoms with Crippen molar-refractivity contribution in [2.24, 2.45) is 0 Å². The normalized spacial score (nSPS) is 16.0. The Morgan fingerprint density at radius 3 is 2.61 bits per heavy atom. The Balaban J connectivity index is 1.87. The van der Waals surface area contributed by atoms with Crippen LogP contribution in [0, 0.1) is 0 Å². The SMILES string of the molecule is CCn1c(SCC(=O)OC(C)C)nc2cc(S(=O)(=O)N3CCCCC3)ccc21. The zero-order valence-electron chi connectivity index (χ0n) is 16.6. The summed E-state index contributed by atoms with van der Waals surface area (Å²) in [6.45, 7) is 7.44. The van der Waals surface area contributed by atoms with Crippen molar-refractivity contribution in [3.05, 3.63) is 18.2 Å². The Bertz CT molecular complexity index is 947. The Hall–Kier alpha value is -1.58. The second-order valence-corrected chi connectivity index (χ2v) is 9.96. The summed E-state index contributed by atoms with van der Waals surface area (Å²) in [5.41, 5.74) is 1.49. The van der Waals surface area contributed by atoms with Gasteiger partial charge in [0.1, 0.15) is 0 Å². The van der Waals surface area contributed by atoms with Gasteiger partial charge >= 0.3 is 5.97 Å². The zero-order valence-corrected chi connectivity index (χ0v) is 18.2. The smallest absolute Gasteiger partial charge is 0.316 e. The van der Waals surface area contributed by atoms with Gasteiger partial charge in [0.15, 0.2) is 5.16 Å². The zero-order chi connectivity index (χ0) is 20.3. The molecule has 0 aliphatic carbocycles. The molecule has 1 aromatic heterocycles. The molecular weight excluding hydrogens is 398 g/mol. The average Bonchev–Trinajstić information content (AvgIpc) is 3.03. The quantitative estimate of drug-likeness (QED) is 0.500. The summed E-state index contributed by atoms with van der Waals surface area (Å²) in [5, 5.41) is 0.686. The van der Waals surface area contributed by atoms with Gasteiger partial charge in [-0.3, -0.25) is 4.79 Å². The van der Waals surface area contributed by atoms with Crippen LogP contribution in [0.3, 0.4) is 0 Å². The predicted molar refractivity (Wildman–Crippen MR) is 110 cm³/mol. The van der Waals surface area contributed by atoms with E-state index in [2.05, 4.69) is 4.98 Å². The van der Waals surface area contributed by atoms with E-state index < -0.39 is 10.0 Å². The second-order valence-electron chi connectivity index (χ2n) is 7.08. The number of fused-ring (bicyclic) bond motifs is 1. The van der Waals surface area contributed by atoms with Crippen LogP contribution in [0.2, 0.25) is 0 Å². The number of benzene rings is 1. The average molecular weight is 426 g/mol. The highest BCUT2D eigenvalue weighted by atomic mass is 32.2. The summed E-state index contributed by atoms with van der Waals surface area (Å²) in [7, 11) is -3.50. The van der Waals surface area contributed by atoms with Crippen LogP contribution >= 0.6 is 11.8 Å². The largest absolute Gasteiger partial charge is 0.462 e. The molecule has 0 spiro atoms. The molecule has 0 N–H and O–H groups in total. The number of aromatic nitrogens is 2. The third-order valence-electron chi connectivity index (χ3n) is 4.64. The van der Waals surface area contributed by atoms with Crippen LogP contribution in [-0.2, 0) is 26.1 Å². The molecule has 2 heterocycles. The molecule has 28 heavy (non-hydrogen) atoms. The lowest BCUT2D eigenvalue weighted by Gasteiger charge is -2.25. The van der Waals surface area contributed by atoms with Crippen LogP contribution in [-0.4, -0.2) is 53.2 Å². The van der Waals surface area contributed by atoms with Crippen LogP contribution in [0.15, 0.2) is 28.3 Å². The second kappa shape index (κ2) is 8.84. The minimum Gasteiger partial charge on any atom is -0.462 e. The first-order valence-electron chi connectivity index (χ1n) is 9.65. The standard InChI is InChI=1S/C19H27N3O4S2/c1-4-22-17-9-8-15(28(24,25)21-10-6-5-7-11-21)12-16(17)20-19(22)27-13-18(23)26-14(2)3/h8-9,12,14H,4-7,10-11,13H2,1-3H3. The minimum atomic E-state index is -3.50. The first-order valence-corrected chi connectivity index (χ1v) is 12.1. The number of sulfonamides is 1. The van der Waals surface area contributed by atoms with Crippen LogP contribution in [0.4, 0.5) is 0 Å². The number of thioether (sulfide) groups is 1. The van der Waals surface area contributed by atoms with E-state index in [0.29, 0.717) is 30.3 Å². The van der Waals surface area contributed by atoms with Gasteiger partial charge in [-0.2, -0.15) is 4.31 Å². The van der Waals surface area contributed by atoms with Crippen molar-refractivity contribution in [1.82, 2.24) is 13.9 Å². The first-order chi connectivity index (χ1) is 13.3. The molecule has 0 atom stereocenters. The number of hydrogen-bond acceptors (Lipinski definition) is 6. The van der Waals surface area contributed by atoms with Gasteiger partial charge in [0, 0.05) is 19.6 Å². The summed E-state index contributed by atoms with van der Waals surface area (Å²) in [6.07, 6.45) is 2.73. The molecule has 9 heteroatoms. The number of ether oxygens (including phenoxy) is 1. The summed E-state index contributed by atoms with van der Waals surface area (Å²) >= 11 is 1.31. The van der Waals surface area contributed by atoms with Crippen LogP contribution in [0.25, 0.3) is 11.0 Å². The Morgan fingerprint density at radius 1 is 1.25 bits per heavy atom. The Labute approximate surface area is 170 Å². The van der Waals surface area contributed by atoms with Crippen molar-refractivity contribution < 1.29 is 17.9 Å². The van der Waals surface area contributed by atoms with E-state index in [-0.39, 0.29) is 22.7 Å². The summed E-state index contributed by atoms with van der Waals surface area (Å²) < 4.78 is 34.6. The van der Waals surface area contributed by atoms with Crippen molar-refractivity contribution in [1.29, 1.82) is 0 Å². The molecular formula is C19H27N3O4S2. The summed E-state index contributed by atoms with van der Waals surface area (Å²) in [6, 6.07) is 5.10. The first kappa shape index (κ1) is 21.1. The van der Waals surface area contributed by atoms with E-state index in [4.69, 9.17) is 4.74 Å². The molecule has 7 nitrogen and oxygen atoms in total. The molecule has 3 rings (SSSR count). The highest BCUT2D eigenvalue weighted by molar-refractivity contribution is 7.99. The van der Waals surface area contributed by atoms with Gasteiger partial charge in [-0.25, -0.2) is 13.4 Å². The van der Waals surface area contributed by atoms with E-state index >= 15 is 0 Å². The lowest BCUT2D eigenvalue weighted by molar-refractivity contribution is -0.144. The number of nitrogens with zero attached hydrogens (tertiary/aromatic N) is 3. The molecule has 2 aromatic rings. The summed E-state index contributed by atoms with van der Waals surface area (Å²) in [5.74, 6) is -0.122. The van der Waals surface area contributed by atoms with Crippen molar-refractivity contribution in [2.75, 3.05) is 18.8 Å². The van der Waals surface area contributed by atoms with E-state index in [1.165, 1.54) is 11.8 Å². The molecule has 1 aliphatic heterocycles. The van der Waals surface area contributed by atoms with Crippen LogP contribution in [0.1, 0.15) is 40.0 Å². The fraction of sp³-hybridized carbons (Fsp3) is 0.579. The van der Waals surface area contributed by atoms with Gasteiger partial charge in [-0.1, -0.05) is 18.2 Å². The van der Waals surface area contributed by atoms with E-state index in [1.807, 2.05) is 25.3 Å². The minimum absolute atomic E-state index is 0.152. The maximum Gasteiger partial charge on any atom is 0.316 e. The van der Waals surface area contributed by atoms with Crippen LogP contribution < -0.4 is 0 Å². The lowest BCUT2D eigenvalue weighted by Crippen LogP contribution is -2.35. The van der Waals surface area contributed by atoms with Gasteiger partial charge in [0.2, 0.25) is 10.0 Å². The maximum absolute atomic E-state index is 12.9. The lowest BCUT2D eigenvalue weighted by atomic mass is 10.2. The Morgan fingerprint density at radius 2 is 1.96 bits per heavy atom. The number of carbonyl (C=O) groups excluding carboxylic acids is 1. The van der Waals surface area contributed by atoms with E-state index in [9.17, 15) is 13.2 Å². The molecule has 1 fully saturated rings. The third-order valence-corrected chi connectivity index (χ3v) is 7.48. The fourth-order valence-electron chi connectivity index (χ4n) is 3.34. The van der Waals surface area contributed by atoms with Crippen LogP contribution in [0.5, 0.6) is 0 Å². The Kier molecular flexibility index (Phi) is 6.67. The van der Waals surface area contributed by atoms with Crippen molar-refractivity contribution >= 4 is 38.8 Å². The number of aryl methyl sites for hydroxylation is 1. The van der Waals surface area contributed by atoms with Gasteiger partial charge in [-0.05, 0) is 51.8 Å². The fourth-order valence-corrected chi connectivity index (χ4v) is 5.74. The van der Waals surface area contributed by atoms with Crippen molar-refractivity contribution in [3.8, 4) is 0 Å². The van der Waals surface area contributed by atoms with Gasteiger partial charge < -0.3 is 9.30 Å². The van der Waals surface area contributed by atoms with Crippen molar-refractivity contribution in [2.45, 2.75) is 62.7 Å². The maximum atomic E-state index is 12.9. The van der Waals surface area contributed by atoms with E-state index in [1.54, 1.807) is 22.5 Å². The molecule has 1 aromatic carbocycles. The predicted octanol–water partition coefficient (Wildman–Crippen LogP) is 3.27. The molecule has 0 unspecified atom stereocenters. The molecule has 0 amide bonds. The van der Waals surface area contributed by atoms with Gasteiger partial charge in [0.05, 0.1) is 27.8 Å². The summed E-state index contributed by atoms with van der Waals surface area (Å²) in [4.78, 5) is 16.7. The monoisotopic (exact) mass is 425 g/mol. The molecule has 0 bridgehead atoms. The molecule has 0 radical (unpaired) electrons. The molecule has 154 valence electrons. The number of hydrogen-bond donors (Lipinski definition) is 0. The number of rotatable bonds is 7. The number of piperidine rings is 1. The highest BCUT2D eigenvalue weighted by Crippen LogP contribution is 2.28. The topological polar surface area (TPSA) is 81.5 Å². The van der Waals surface area contributed by atoms with E-state index in [0.717, 1.165) is 24.8 Å². The third kappa shape index (κ3) is 4.52. The van der Waals surface area contributed by atoms with Gasteiger partial charge in [0.25, 0.3) is 0 Å². The highest BCUT2D eigenvalue weighted by Gasteiger charge is 2.26. The number of imidazole rings is 1. The number of carbonyl (C=O) groups is 1. The molecule has 0 saturated carbocycles. The molecule has 1 aliphatic rings.